The maximum Gasteiger partial charge on any atom is 0.408 e. The number of oxazole rings is 1. The van der Waals surface area contributed by atoms with E-state index >= 15 is 0 Å². The molecule has 0 aliphatic rings. The van der Waals surface area contributed by atoms with Gasteiger partial charge in [0.05, 0.1) is 30.4 Å². The van der Waals surface area contributed by atoms with E-state index in [0.29, 0.717) is 41.1 Å². The average molecular weight is 470 g/mol. The molecule has 3 aromatic rings. The highest BCUT2D eigenvalue weighted by Gasteiger charge is 2.30. The van der Waals surface area contributed by atoms with Gasteiger partial charge in [-0.1, -0.05) is 33.3 Å². The highest BCUT2D eigenvalue weighted by molar-refractivity contribution is 5.92. The molecule has 2 heterocycles. The monoisotopic (exact) mass is 469 g/mol. The predicted octanol–water partition coefficient (Wildman–Crippen LogP) is 5.77. The van der Waals surface area contributed by atoms with Crippen LogP contribution < -0.4 is 10.3 Å². The van der Waals surface area contributed by atoms with Gasteiger partial charge in [0.25, 0.3) is 5.56 Å². The summed E-state index contributed by atoms with van der Waals surface area (Å²) in [7, 11) is 0. The standard InChI is InChI=1S/C26H35N3O5/c1-7-8-11-33-23-20-12-18(22-13-27-16-34-22)9-10-19(20)24(30)28(14-17(2)3)21(23)15-29(25(31)32)26(4,5)6/h9-10,12-13,16-17H,7-8,11,14-15H2,1-6H3,(H,31,32). The van der Waals surface area contributed by atoms with Crippen molar-refractivity contribution in [1.29, 1.82) is 0 Å². The van der Waals surface area contributed by atoms with Crippen molar-refractivity contribution in [3.8, 4) is 17.1 Å². The Balaban J connectivity index is 2.33. The van der Waals surface area contributed by atoms with E-state index in [1.807, 2.05) is 46.8 Å². The molecule has 0 atom stereocenters. The molecule has 184 valence electrons. The van der Waals surface area contributed by atoms with Crippen LogP contribution in [-0.4, -0.2) is 37.8 Å². The topological polar surface area (TPSA) is 97.8 Å². The summed E-state index contributed by atoms with van der Waals surface area (Å²) in [6, 6.07) is 5.48. The Morgan fingerprint density at radius 1 is 1.26 bits per heavy atom. The van der Waals surface area contributed by atoms with E-state index in [9.17, 15) is 14.7 Å². The number of hydrogen-bond acceptors (Lipinski definition) is 5. The van der Waals surface area contributed by atoms with E-state index in [0.717, 1.165) is 18.4 Å². The zero-order valence-corrected chi connectivity index (χ0v) is 20.9. The van der Waals surface area contributed by atoms with Crippen molar-refractivity contribution in [2.75, 3.05) is 6.61 Å². The van der Waals surface area contributed by atoms with Gasteiger partial charge in [0, 0.05) is 23.0 Å². The molecule has 0 unspecified atom stereocenters. The normalized spacial score (nSPS) is 11.9. The first kappa shape index (κ1) is 25.3. The molecule has 34 heavy (non-hydrogen) atoms. The summed E-state index contributed by atoms with van der Waals surface area (Å²) in [5.41, 5.74) is 0.504. The number of nitrogens with zero attached hydrogens (tertiary/aromatic N) is 3. The predicted molar refractivity (Wildman–Crippen MR) is 132 cm³/mol. The minimum absolute atomic E-state index is 0.0325. The largest absolute Gasteiger partial charge is 0.491 e. The molecule has 0 aliphatic carbocycles. The molecule has 2 aromatic heterocycles. The van der Waals surface area contributed by atoms with Crippen LogP contribution in [0.15, 0.2) is 40.0 Å². The lowest BCUT2D eigenvalue weighted by molar-refractivity contribution is 0.0927. The smallest absolute Gasteiger partial charge is 0.408 e. The number of hydrogen-bond donors (Lipinski definition) is 1. The van der Waals surface area contributed by atoms with Crippen molar-refractivity contribution in [2.24, 2.45) is 5.92 Å². The minimum atomic E-state index is -1.05. The molecule has 0 fully saturated rings. The second-order valence-corrected chi connectivity index (χ2v) is 9.95. The molecule has 1 N–H and O–H groups in total. The second kappa shape index (κ2) is 10.3. The summed E-state index contributed by atoms with van der Waals surface area (Å²) in [5, 5.41) is 11.1. The summed E-state index contributed by atoms with van der Waals surface area (Å²) in [6.45, 7) is 12.6. The van der Waals surface area contributed by atoms with Crippen molar-refractivity contribution in [3.05, 3.63) is 46.8 Å². The lowest BCUT2D eigenvalue weighted by Gasteiger charge is -2.34. The molecule has 8 heteroatoms. The molecular weight excluding hydrogens is 434 g/mol. The molecule has 0 aliphatic heterocycles. The van der Waals surface area contributed by atoms with Gasteiger partial charge in [0.15, 0.2) is 12.2 Å². The fraction of sp³-hybridized carbons (Fsp3) is 0.500. The SMILES string of the molecule is CCCCOc1c(CN(C(=O)O)C(C)(C)C)n(CC(C)C)c(=O)c2ccc(-c3cnco3)cc12. The molecule has 0 saturated carbocycles. The number of carboxylic acid groups (broad SMARTS) is 1. The second-order valence-electron chi connectivity index (χ2n) is 9.95. The molecule has 1 amide bonds. The average Bonchev–Trinajstić information content (AvgIpc) is 3.29. The number of fused-ring (bicyclic) bond motifs is 1. The molecule has 3 rings (SSSR count). The number of aromatic nitrogens is 2. The quantitative estimate of drug-likeness (QED) is 0.400. The van der Waals surface area contributed by atoms with Crippen molar-refractivity contribution in [1.82, 2.24) is 14.5 Å². The molecule has 8 nitrogen and oxygen atoms in total. The first-order valence-corrected chi connectivity index (χ1v) is 11.8. The first-order chi connectivity index (χ1) is 16.0. The molecule has 0 saturated heterocycles. The summed E-state index contributed by atoms with van der Waals surface area (Å²) in [4.78, 5) is 31.2. The van der Waals surface area contributed by atoms with Crippen molar-refractivity contribution in [2.45, 2.75) is 73.0 Å². The fourth-order valence-corrected chi connectivity index (χ4v) is 3.91. The third-order valence-electron chi connectivity index (χ3n) is 5.69. The summed E-state index contributed by atoms with van der Waals surface area (Å²) < 4.78 is 13.5. The molecular formula is C26H35N3O5. The number of unbranched alkanes of at least 4 members (excludes halogenated alkanes) is 1. The van der Waals surface area contributed by atoms with E-state index in [4.69, 9.17) is 9.15 Å². The van der Waals surface area contributed by atoms with Crippen LogP contribution in [0.1, 0.15) is 60.1 Å². The number of ether oxygens (including phenoxy) is 1. The van der Waals surface area contributed by atoms with E-state index < -0.39 is 11.6 Å². The van der Waals surface area contributed by atoms with Gasteiger partial charge in [-0.25, -0.2) is 9.78 Å². The van der Waals surface area contributed by atoms with Crippen LogP contribution in [0.2, 0.25) is 0 Å². The van der Waals surface area contributed by atoms with E-state index in [-0.39, 0.29) is 18.0 Å². The summed E-state index contributed by atoms with van der Waals surface area (Å²) >= 11 is 0. The van der Waals surface area contributed by atoms with E-state index in [1.165, 1.54) is 11.3 Å². The van der Waals surface area contributed by atoms with Crippen LogP contribution in [0.25, 0.3) is 22.1 Å². The zero-order valence-electron chi connectivity index (χ0n) is 20.9. The minimum Gasteiger partial charge on any atom is -0.491 e. The first-order valence-electron chi connectivity index (χ1n) is 11.8. The van der Waals surface area contributed by atoms with Gasteiger partial charge in [-0.05, 0) is 45.2 Å². The van der Waals surface area contributed by atoms with Crippen molar-refractivity contribution < 1.29 is 19.1 Å². The van der Waals surface area contributed by atoms with E-state index in [2.05, 4.69) is 11.9 Å². The van der Waals surface area contributed by atoms with Gasteiger partial charge in [-0.15, -0.1) is 0 Å². The Hall–Kier alpha value is -3.29. The maximum atomic E-state index is 13.7. The van der Waals surface area contributed by atoms with Crippen LogP contribution in [0.3, 0.4) is 0 Å². The summed E-state index contributed by atoms with van der Waals surface area (Å²) in [6.07, 6.45) is 3.72. The third kappa shape index (κ3) is 5.43. The lowest BCUT2D eigenvalue weighted by atomic mass is 10.0. The number of rotatable bonds is 9. The van der Waals surface area contributed by atoms with Crippen LogP contribution >= 0.6 is 0 Å². The van der Waals surface area contributed by atoms with Gasteiger partial charge in [-0.3, -0.25) is 9.69 Å². The zero-order chi connectivity index (χ0) is 25.0. The molecule has 1 aromatic carbocycles. The highest BCUT2D eigenvalue weighted by Crippen LogP contribution is 2.34. The number of carbonyl (C=O) groups is 1. The van der Waals surface area contributed by atoms with Crippen molar-refractivity contribution >= 4 is 16.9 Å². The van der Waals surface area contributed by atoms with Crippen molar-refractivity contribution in [3.63, 3.8) is 0 Å². The van der Waals surface area contributed by atoms with Crippen LogP contribution in [0.5, 0.6) is 5.75 Å². The summed E-state index contributed by atoms with van der Waals surface area (Å²) in [5.74, 6) is 1.30. The van der Waals surface area contributed by atoms with E-state index in [1.54, 1.807) is 16.8 Å². The molecule has 0 radical (unpaired) electrons. The Kier molecular flexibility index (Phi) is 7.69. The highest BCUT2D eigenvalue weighted by atomic mass is 16.5. The van der Waals surface area contributed by atoms with Crippen LogP contribution in [-0.2, 0) is 13.1 Å². The Morgan fingerprint density at radius 2 is 2.00 bits per heavy atom. The Bertz CT molecular complexity index is 1190. The molecule has 0 spiro atoms. The lowest BCUT2D eigenvalue weighted by Crippen LogP contribution is -2.45. The van der Waals surface area contributed by atoms with Crippen LogP contribution in [0.4, 0.5) is 4.79 Å². The van der Waals surface area contributed by atoms with Gasteiger partial charge in [0.1, 0.15) is 5.75 Å². The Labute approximate surface area is 200 Å². The number of amides is 1. The Morgan fingerprint density at radius 3 is 2.56 bits per heavy atom. The third-order valence-corrected chi connectivity index (χ3v) is 5.69. The van der Waals surface area contributed by atoms with Gasteiger partial charge >= 0.3 is 6.09 Å². The number of pyridine rings is 1. The van der Waals surface area contributed by atoms with Crippen LogP contribution in [0, 0.1) is 5.92 Å². The molecule has 0 bridgehead atoms. The maximum absolute atomic E-state index is 13.7. The number of benzene rings is 1. The van der Waals surface area contributed by atoms with Gasteiger partial charge in [-0.2, -0.15) is 0 Å². The van der Waals surface area contributed by atoms with Gasteiger partial charge in [0.2, 0.25) is 0 Å². The fourth-order valence-electron chi connectivity index (χ4n) is 3.91. The van der Waals surface area contributed by atoms with Gasteiger partial charge < -0.3 is 18.8 Å².